The van der Waals surface area contributed by atoms with Crippen molar-refractivity contribution in [1.82, 2.24) is 0 Å². The van der Waals surface area contributed by atoms with E-state index in [0.717, 1.165) is 21.2 Å². The summed E-state index contributed by atoms with van der Waals surface area (Å²) in [5.74, 6) is 1.30. The minimum Gasteiger partial charge on any atom is -0.493 e. The Morgan fingerprint density at radius 3 is 2.54 bits per heavy atom. The first-order valence-electron chi connectivity index (χ1n) is 8.52. The molecule has 28 heavy (non-hydrogen) atoms. The number of benzene rings is 3. The van der Waals surface area contributed by atoms with E-state index >= 15 is 0 Å². The number of nitriles is 1. The number of allylic oxidation sites excluding steroid dienone is 1. The van der Waals surface area contributed by atoms with E-state index in [-0.39, 0.29) is 0 Å². The maximum Gasteiger partial charge on any atom is 0.161 e. The highest BCUT2D eigenvalue weighted by atomic mass is 127. The third-order valence-electron chi connectivity index (χ3n) is 4.06. The molecule has 0 heterocycles. The van der Waals surface area contributed by atoms with Crippen LogP contribution in [0.5, 0.6) is 11.5 Å². The summed E-state index contributed by atoms with van der Waals surface area (Å²) in [4.78, 5) is 0. The molecule has 0 aliphatic heterocycles. The predicted octanol–water partition coefficient (Wildman–Crippen LogP) is 6.71. The Hall–Kier alpha value is -2.30. The van der Waals surface area contributed by atoms with Crippen molar-refractivity contribution in [3.8, 4) is 17.6 Å². The van der Waals surface area contributed by atoms with Gasteiger partial charge in [0.15, 0.2) is 11.5 Å². The summed E-state index contributed by atoms with van der Waals surface area (Å²) >= 11 is 5.72. The summed E-state index contributed by atoms with van der Waals surface area (Å²) in [5.41, 5.74) is 3.40. The first-order valence-corrected chi connectivity index (χ1v) is 10.4. The summed E-state index contributed by atoms with van der Waals surface area (Å²) < 4.78 is 13.5. The summed E-state index contributed by atoms with van der Waals surface area (Å²) in [6, 6.07) is 23.8. The van der Waals surface area contributed by atoms with E-state index in [2.05, 4.69) is 56.7 Å². The number of methoxy groups -OCH3 is 1. The van der Waals surface area contributed by atoms with Gasteiger partial charge in [-0.1, -0.05) is 46.3 Å². The molecule has 0 atom stereocenters. The standard InChI is InChI=1S/C23H17BrINO2/c1-27-23-12-17(11-19(14-26)18-3-2-4-20(24)13-18)7-10-22(23)28-15-16-5-8-21(25)9-6-16/h2-13H,15H2,1H3/b19-11-. The largest absolute Gasteiger partial charge is 0.493 e. The maximum absolute atomic E-state index is 9.55. The fraction of sp³-hybridized carbons (Fsp3) is 0.0870. The third-order valence-corrected chi connectivity index (χ3v) is 5.27. The third kappa shape index (κ3) is 5.37. The van der Waals surface area contributed by atoms with E-state index in [1.54, 1.807) is 7.11 Å². The monoisotopic (exact) mass is 545 g/mol. The molecule has 3 aromatic rings. The Kier molecular flexibility index (Phi) is 7.12. The molecule has 0 bridgehead atoms. The van der Waals surface area contributed by atoms with E-state index < -0.39 is 0 Å². The average Bonchev–Trinajstić information content (AvgIpc) is 2.72. The average molecular weight is 546 g/mol. The molecular weight excluding hydrogens is 529 g/mol. The zero-order valence-electron chi connectivity index (χ0n) is 15.2. The number of hydrogen-bond donors (Lipinski definition) is 0. The Labute approximate surface area is 186 Å². The molecule has 0 N–H and O–H groups in total. The summed E-state index contributed by atoms with van der Waals surface area (Å²) in [6.45, 7) is 0.462. The molecule has 0 fully saturated rings. The van der Waals surface area contributed by atoms with Crippen molar-refractivity contribution < 1.29 is 9.47 Å². The Bertz CT molecular complexity index is 1040. The Morgan fingerprint density at radius 2 is 1.86 bits per heavy atom. The first-order chi connectivity index (χ1) is 13.6. The quantitative estimate of drug-likeness (QED) is 0.196. The lowest BCUT2D eigenvalue weighted by atomic mass is 10.0. The van der Waals surface area contributed by atoms with Crippen molar-refractivity contribution in [2.75, 3.05) is 7.11 Å². The molecule has 0 saturated heterocycles. The van der Waals surface area contributed by atoms with Gasteiger partial charge in [0.2, 0.25) is 0 Å². The van der Waals surface area contributed by atoms with E-state index in [9.17, 15) is 5.26 Å². The van der Waals surface area contributed by atoms with Crippen molar-refractivity contribution in [2.45, 2.75) is 6.61 Å². The van der Waals surface area contributed by atoms with Gasteiger partial charge in [0.05, 0.1) is 18.8 Å². The molecule has 5 heteroatoms. The highest BCUT2D eigenvalue weighted by Gasteiger charge is 2.08. The van der Waals surface area contributed by atoms with Crippen molar-refractivity contribution in [2.24, 2.45) is 0 Å². The van der Waals surface area contributed by atoms with Crippen molar-refractivity contribution in [3.05, 3.63) is 91.5 Å². The van der Waals surface area contributed by atoms with Crippen LogP contribution in [0.2, 0.25) is 0 Å². The van der Waals surface area contributed by atoms with Crippen LogP contribution in [0, 0.1) is 14.9 Å². The lowest BCUT2D eigenvalue weighted by molar-refractivity contribution is 0.284. The van der Waals surface area contributed by atoms with Gasteiger partial charge in [-0.05, 0) is 81.8 Å². The lowest BCUT2D eigenvalue weighted by Crippen LogP contribution is -1.98. The van der Waals surface area contributed by atoms with E-state index in [1.807, 2.05) is 60.7 Å². The highest BCUT2D eigenvalue weighted by molar-refractivity contribution is 14.1. The minimum absolute atomic E-state index is 0.462. The van der Waals surface area contributed by atoms with Crippen LogP contribution in [0.25, 0.3) is 11.6 Å². The highest BCUT2D eigenvalue weighted by Crippen LogP contribution is 2.31. The van der Waals surface area contributed by atoms with Crippen LogP contribution in [0.1, 0.15) is 16.7 Å². The van der Waals surface area contributed by atoms with Crippen molar-refractivity contribution >= 4 is 50.2 Å². The molecule has 3 rings (SSSR count). The molecule has 0 amide bonds. The SMILES string of the molecule is COc1cc(/C=C(/C#N)c2cccc(Br)c2)ccc1OCc1ccc(I)cc1. The molecule has 0 spiro atoms. The molecule has 0 radical (unpaired) electrons. The van der Waals surface area contributed by atoms with E-state index in [1.165, 1.54) is 3.57 Å². The van der Waals surface area contributed by atoms with Crippen LogP contribution in [-0.2, 0) is 6.61 Å². The van der Waals surface area contributed by atoms with Gasteiger partial charge in [0.1, 0.15) is 6.61 Å². The predicted molar refractivity (Wildman–Crippen MR) is 124 cm³/mol. The molecule has 0 unspecified atom stereocenters. The van der Waals surface area contributed by atoms with Crippen LogP contribution in [0.4, 0.5) is 0 Å². The summed E-state index contributed by atoms with van der Waals surface area (Å²) in [5, 5.41) is 9.55. The zero-order chi connectivity index (χ0) is 19.9. The van der Waals surface area contributed by atoms with Crippen molar-refractivity contribution in [1.29, 1.82) is 5.26 Å². The van der Waals surface area contributed by atoms with Gasteiger partial charge in [-0.15, -0.1) is 0 Å². The van der Waals surface area contributed by atoms with Gasteiger partial charge in [-0.3, -0.25) is 0 Å². The molecule has 0 aromatic heterocycles. The number of rotatable bonds is 6. The second-order valence-corrected chi connectivity index (χ2v) is 8.17. The van der Waals surface area contributed by atoms with E-state index in [0.29, 0.717) is 23.7 Å². The lowest BCUT2D eigenvalue weighted by Gasteiger charge is -2.12. The van der Waals surface area contributed by atoms with Gasteiger partial charge in [0, 0.05) is 8.04 Å². The zero-order valence-corrected chi connectivity index (χ0v) is 18.9. The van der Waals surface area contributed by atoms with E-state index in [4.69, 9.17) is 9.47 Å². The van der Waals surface area contributed by atoms with Crippen molar-refractivity contribution in [3.63, 3.8) is 0 Å². The van der Waals surface area contributed by atoms with Crippen LogP contribution < -0.4 is 9.47 Å². The van der Waals surface area contributed by atoms with Gasteiger partial charge in [0.25, 0.3) is 0 Å². The van der Waals surface area contributed by atoms with Crippen LogP contribution >= 0.6 is 38.5 Å². The molecule has 140 valence electrons. The topological polar surface area (TPSA) is 42.2 Å². The second kappa shape index (κ2) is 9.76. The fourth-order valence-electron chi connectivity index (χ4n) is 2.64. The van der Waals surface area contributed by atoms with Crippen LogP contribution in [-0.4, -0.2) is 7.11 Å². The van der Waals surface area contributed by atoms with Gasteiger partial charge < -0.3 is 9.47 Å². The fourth-order valence-corrected chi connectivity index (χ4v) is 3.40. The summed E-state index contributed by atoms with van der Waals surface area (Å²) in [6.07, 6.45) is 1.84. The summed E-state index contributed by atoms with van der Waals surface area (Å²) in [7, 11) is 1.61. The molecule has 3 aromatic carbocycles. The Balaban J connectivity index is 1.82. The van der Waals surface area contributed by atoms with Gasteiger partial charge in [-0.25, -0.2) is 0 Å². The van der Waals surface area contributed by atoms with Crippen LogP contribution in [0.3, 0.4) is 0 Å². The second-order valence-electron chi connectivity index (χ2n) is 6.01. The molecule has 0 saturated carbocycles. The first kappa shape index (κ1) is 20.4. The smallest absolute Gasteiger partial charge is 0.161 e. The van der Waals surface area contributed by atoms with Crippen LogP contribution in [0.15, 0.2) is 71.2 Å². The van der Waals surface area contributed by atoms with Gasteiger partial charge >= 0.3 is 0 Å². The number of ether oxygens (including phenoxy) is 2. The molecule has 3 nitrogen and oxygen atoms in total. The molecular formula is C23H17BrINO2. The maximum atomic E-state index is 9.55. The number of nitrogens with zero attached hydrogens (tertiary/aromatic N) is 1. The molecule has 0 aliphatic carbocycles. The minimum atomic E-state index is 0.462. The Morgan fingerprint density at radius 1 is 1.07 bits per heavy atom. The number of hydrogen-bond acceptors (Lipinski definition) is 3. The number of halogens is 2. The molecule has 0 aliphatic rings. The normalized spacial score (nSPS) is 11.0. The van der Waals surface area contributed by atoms with Gasteiger partial charge in [-0.2, -0.15) is 5.26 Å².